The first-order valence-corrected chi connectivity index (χ1v) is 9.45. The van der Waals surface area contributed by atoms with Gasteiger partial charge in [0, 0.05) is 11.6 Å². The van der Waals surface area contributed by atoms with Gasteiger partial charge >= 0.3 is 0 Å². The Morgan fingerprint density at radius 3 is 2.61 bits per heavy atom. The van der Waals surface area contributed by atoms with E-state index >= 15 is 0 Å². The first kappa shape index (κ1) is 14.9. The normalized spacial score (nSPS) is 36.6. The second-order valence-corrected chi connectivity index (χ2v) is 8.49. The summed E-state index contributed by atoms with van der Waals surface area (Å²) in [5, 5.41) is 14.5. The van der Waals surface area contributed by atoms with Crippen LogP contribution in [0.5, 0.6) is 0 Å². The fourth-order valence-electron chi connectivity index (χ4n) is 4.34. The van der Waals surface area contributed by atoms with Gasteiger partial charge in [0.2, 0.25) is 0 Å². The number of nitrogens with one attached hydrogen (secondary N) is 1. The zero-order chi connectivity index (χ0) is 16.2. The molecule has 0 amide bonds. The molecular formula is C17H20N2O3S. The molecule has 0 saturated heterocycles. The highest BCUT2D eigenvalue weighted by Gasteiger charge is 2.54. The van der Waals surface area contributed by atoms with Gasteiger partial charge in [-0.15, -0.1) is 0 Å². The molecule has 3 aliphatic rings. The number of hydrazone groups is 1. The van der Waals surface area contributed by atoms with Crippen molar-refractivity contribution in [2.45, 2.75) is 30.8 Å². The van der Waals surface area contributed by atoms with Gasteiger partial charge in [0.25, 0.3) is 10.0 Å². The maximum atomic E-state index is 12.3. The van der Waals surface area contributed by atoms with Crippen molar-refractivity contribution in [2.75, 3.05) is 0 Å². The fourth-order valence-corrected chi connectivity index (χ4v) is 5.18. The maximum Gasteiger partial charge on any atom is 0.276 e. The lowest BCUT2D eigenvalue weighted by atomic mass is 9.91. The molecule has 0 bridgehead atoms. The molecule has 6 heteroatoms. The Balaban J connectivity index is 1.57. The standard InChI is InChI=1S/C17H20N2O3S/c1-10-2-6-13(7-3-10)23(21,22)19-18-14-8-11-4-5-12-9-15(20)17(14)16(11)12/h2-7,11-12,15-17,19-20H,8-9H2,1H3/b18-14+/t11-,12+,15-,16-,17-/m0/s1. The number of aryl methyl sites for hydroxylation is 1. The third-order valence-electron chi connectivity index (χ3n) is 5.41. The molecule has 2 saturated carbocycles. The Labute approximate surface area is 136 Å². The first-order chi connectivity index (χ1) is 11.0. The lowest BCUT2D eigenvalue weighted by Gasteiger charge is -2.15. The molecule has 0 spiro atoms. The molecule has 0 aliphatic heterocycles. The summed E-state index contributed by atoms with van der Waals surface area (Å²) in [5.41, 5.74) is 1.79. The lowest BCUT2D eigenvalue weighted by molar-refractivity contribution is 0.151. The highest BCUT2D eigenvalue weighted by Crippen LogP contribution is 2.53. The SMILES string of the molecule is Cc1ccc(S(=O)(=O)N/N=C2\C[C@@H]3C=C[C@@H]4C[C@H](O)[C@H]2[C@H]43)cc1. The summed E-state index contributed by atoms with van der Waals surface area (Å²) >= 11 is 0. The Morgan fingerprint density at radius 2 is 1.87 bits per heavy atom. The van der Waals surface area contributed by atoms with Crippen molar-refractivity contribution in [1.82, 2.24) is 4.83 Å². The monoisotopic (exact) mass is 332 g/mol. The smallest absolute Gasteiger partial charge is 0.276 e. The topological polar surface area (TPSA) is 78.8 Å². The van der Waals surface area contributed by atoms with E-state index in [4.69, 9.17) is 0 Å². The average molecular weight is 332 g/mol. The van der Waals surface area contributed by atoms with E-state index in [1.54, 1.807) is 24.3 Å². The van der Waals surface area contributed by atoms with Gasteiger partial charge in [-0.1, -0.05) is 29.8 Å². The quantitative estimate of drug-likeness (QED) is 0.655. The minimum Gasteiger partial charge on any atom is -0.392 e. The van der Waals surface area contributed by atoms with Crippen molar-refractivity contribution in [1.29, 1.82) is 0 Å². The number of benzene rings is 1. The number of nitrogens with zero attached hydrogens (tertiary/aromatic N) is 1. The number of aliphatic hydroxyl groups is 1. The number of sulfonamides is 1. The molecule has 0 radical (unpaired) electrons. The summed E-state index contributed by atoms with van der Waals surface area (Å²) in [7, 11) is -3.66. The number of allylic oxidation sites excluding steroid dienone is 2. The number of hydrogen-bond donors (Lipinski definition) is 2. The number of hydrogen-bond acceptors (Lipinski definition) is 4. The van der Waals surface area contributed by atoms with Gasteiger partial charge in [0.15, 0.2) is 0 Å². The summed E-state index contributed by atoms with van der Waals surface area (Å²) in [5.74, 6) is 1.19. The zero-order valence-corrected chi connectivity index (χ0v) is 13.7. The summed E-state index contributed by atoms with van der Waals surface area (Å²) < 4.78 is 24.7. The van der Waals surface area contributed by atoms with E-state index < -0.39 is 16.1 Å². The van der Waals surface area contributed by atoms with Gasteiger partial charge < -0.3 is 5.11 Å². The van der Waals surface area contributed by atoms with Gasteiger partial charge in [-0.05, 0) is 49.7 Å². The molecule has 23 heavy (non-hydrogen) atoms. The van der Waals surface area contributed by atoms with Crippen molar-refractivity contribution in [2.24, 2.45) is 28.8 Å². The maximum absolute atomic E-state index is 12.3. The molecular weight excluding hydrogens is 312 g/mol. The van der Waals surface area contributed by atoms with Crippen LogP contribution in [-0.4, -0.2) is 25.3 Å². The van der Waals surface area contributed by atoms with Gasteiger partial charge in [-0.2, -0.15) is 13.5 Å². The van der Waals surface area contributed by atoms with Crippen molar-refractivity contribution in [3.05, 3.63) is 42.0 Å². The third kappa shape index (κ3) is 2.40. The second-order valence-electron chi connectivity index (χ2n) is 6.83. The minimum atomic E-state index is -3.66. The molecule has 1 aromatic rings. The van der Waals surface area contributed by atoms with Crippen LogP contribution in [0.1, 0.15) is 18.4 Å². The third-order valence-corrected chi connectivity index (χ3v) is 6.63. The van der Waals surface area contributed by atoms with E-state index in [-0.39, 0.29) is 10.8 Å². The van der Waals surface area contributed by atoms with Gasteiger partial charge in [0.05, 0.1) is 11.0 Å². The Hall–Kier alpha value is -1.66. The van der Waals surface area contributed by atoms with Gasteiger partial charge in [0.1, 0.15) is 0 Å². The molecule has 0 aromatic heterocycles. The van der Waals surface area contributed by atoms with Crippen LogP contribution in [0.15, 0.2) is 46.4 Å². The Kier molecular flexibility index (Phi) is 3.35. The molecule has 1 aromatic carbocycles. The second kappa shape index (κ2) is 5.18. The van der Waals surface area contributed by atoms with Gasteiger partial charge in [-0.25, -0.2) is 4.83 Å². The van der Waals surface area contributed by atoms with E-state index in [1.165, 1.54) is 0 Å². The minimum absolute atomic E-state index is 0.0132. The fraction of sp³-hybridized carbons (Fsp3) is 0.471. The predicted octanol–water partition coefficient (Wildman–Crippen LogP) is 1.83. The van der Waals surface area contributed by atoms with Crippen LogP contribution in [0.2, 0.25) is 0 Å². The van der Waals surface area contributed by atoms with E-state index in [1.807, 2.05) is 6.92 Å². The summed E-state index contributed by atoms with van der Waals surface area (Å²) in [4.78, 5) is 2.56. The molecule has 4 rings (SSSR count). The van der Waals surface area contributed by atoms with Crippen LogP contribution in [0.4, 0.5) is 0 Å². The van der Waals surface area contributed by atoms with Gasteiger partial charge in [-0.3, -0.25) is 0 Å². The summed E-state index contributed by atoms with van der Waals surface area (Å²) in [6, 6.07) is 6.67. The molecule has 2 fully saturated rings. The molecule has 0 unspecified atom stereocenters. The van der Waals surface area contributed by atoms with Crippen LogP contribution < -0.4 is 4.83 Å². The Morgan fingerprint density at radius 1 is 1.17 bits per heavy atom. The summed E-state index contributed by atoms with van der Waals surface area (Å²) in [6.07, 6.45) is 5.47. The number of rotatable bonds is 3. The van der Waals surface area contributed by atoms with Crippen LogP contribution >= 0.6 is 0 Å². The van der Waals surface area contributed by atoms with E-state index in [0.717, 1.165) is 24.1 Å². The van der Waals surface area contributed by atoms with Crippen LogP contribution in [0.25, 0.3) is 0 Å². The summed E-state index contributed by atoms with van der Waals surface area (Å²) in [6.45, 7) is 1.91. The van der Waals surface area contributed by atoms with Crippen LogP contribution in [0.3, 0.4) is 0 Å². The van der Waals surface area contributed by atoms with E-state index in [9.17, 15) is 13.5 Å². The van der Waals surface area contributed by atoms with E-state index in [2.05, 4.69) is 22.1 Å². The molecule has 5 atom stereocenters. The van der Waals surface area contributed by atoms with Crippen molar-refractivity contribution < 1.29 is 13.5 Å². The molecule has 2 N–H and O–H groups in total. The molecule has 5 nitrogen and oxygen atoms in total. The van der Waals surface area contributed by atoms with E-state index in [0.29, 0.717) is 17.8 Å². The average Bonchev–Trinajstić information content (AvgIpc) is 3.14. The van der Waals surface area contributed by atoms with Crippen molar-refractivity contribution in [3.8, 4) is 0 Å². The largest absolute Gasteiger partial charge is 0.392 e. The lowest BCUT2D eigenvalue weighted by Crippen LogP contribution is -2.26. The zero-order valence-electron chi connectivity index (χ0n) is 12.9. The van der Waals surface area contributed by atoms with Crippen molar-refractivity contribution >= 4 is 15.7 Å². The molecule has 122 valence electrons. The predicted molar refractivity (Wildman–Crippen MR) is 87.3 cm³/mol. The first-order valence-electron chi connectivity index (χ1n) is 7.97. The Bertz CT molecular complexity index is 783. The highest BCUT2D eigenvalue weighted by molar-refractivity contribution is 7.89. The van der Waals surface area contributed by atoms with Crippen molar-refractivity contribution in [3.63, 3.8) is 0 Å². The van der Waals surface area contributed by atoms with Crippen LogP contribution in [-0.2, 0) is 10.0 Å². The number of aliphatic hydroxyl groups excluding tert-OH is 1. The molecule has 0 heterocycles. The van der Waals surface area contributed by atoms with Crippen LogP contribution in [0, 0.1) is 30.6 Å². The highest BCUT2D eigenvalue weighted by atomic mass is 32.2. The molecule has 3 aliphatic carbocycles.